The molecule has 1 heterocycles. The Bertz CT molecular complexity index is 1390. The average Bonchev–Trinajstić information content (AvgIpc) is 3.34. The lowest BCUT2D eigenvalue weighted by molar-refractivity contribution is -0.137. The maximum atomic E-state index is 12.2. The van der Waals surface area contributed by atoms with Crippen LogP contribution in [-0.4, -0.2) is 30.4 Å². The van der Waals surface area contributed by atoms with E-state index in [1.807, 2.05) is 78.9 Å². The molecular weight excluding hydrogens is 446 g/mol. The number of rotatable bonds is 8. The number of carboxylic acid groups (broad SMARTS) is 1. The Morgan fingerprint density at radius 3 is 2.43 bits per heavy atom. The Balaban J connectivity index is 1.37. The molecule has 0 aromatic heterocycles. The summed E-state index contributed by atoms with van der Waals surface area (Å²) in [5.41, 5.74) is 2.40. The lowest BCUT2D eigenvalue weighted by Crippen LogP contribution is -2.20. The SMILES string of the molecule is O=C(O)CC(c1ccc2c(c1)OCO2)c1ccc2ccc(OCC(=O)Nc3ccccc3)cc2c1. The lowest BCUT2D eigenvalue weighted by atomic mass is 9.87. The van der Waals surface area contributed by atoms with Crippen molar-refractivity contribution in [3.05, 3.63) is 96.1 Å². The summed E-state index contributed by atoms with van der Waals surface area (Å²) in [7, 11) is 0. The molecule has 1 amide bonds. The first-order valence-corrected chi connectivity index (χ1v) is 11.2. The van der Waals surface area contributed by atoms with Crippen molar-refractivity contribution < 1.29 is 28.9 Å². The maximum Gasteiger partial charge on any atom is 0.304 e. The third-order valence-electron chi connectivity index (χ3n) is 5.84. The second-order valence-corrected chi connectivity index (χ2v) is 8.23. The van der Waals surface area contributed by atoms with E-state index < -0.39 is 5.97 Å². The lowest BCUT2D eigenvalue weighted by Gasteiger charge is -2.17. The number of carbonyl (C=O) groups excluding carboxylic acids is 1. The second-order valence-electron chi connectivity index (χ2n) is 8.23. The molecule has 1 atom stereocenters. The summed E-state index contributed by atoms with van der Waals surface area (Å²) in [6.45, 7) is 0.0312. The number of hydrogen-bond acceptors (Lipinski definition) is 5. The summed E-state index contributed by atoms with van der Waals surface area (Å²) >= 11 is 0. The molecule has 1 aliphatic heterocycles. The van der Waals surface area contributed by atoms with E-state index in [-0.39, 0.29) is 31.6 Å². The van der Waals surface area contributed by atoms with Crippen molar-refractivity contribution in [1.29, 1.82) is 0 Å². The van der Waals surface area contributed by atoms with Gasteiger partial charge < -0.3 is 24.6 Å². The normalized spacial score (nSPS) is 12.8. The van der Waals surface area contributed by atoms with Crippen molar-refractivity contribution in [2.75, 3.05) is 18.7 Å². The van der Waals surface area contributed by atoms with E-state index >= 15 is 0 Å². The van der Waals surface area contributed by atoms with Gasteiger partial charge in [0, 0.05) is 11.6 Å². The topological polar surface area (TPSA) is 94.1 Å². The highest BCUT2D eigenvalue weighted by atomic mass is 16.7. The number of aliphatic carboxylic acids is 1. The van der Waals surface area contributed by atoms with E-state index in [1.165, 1.54) is 0 Å². The molecule has 4 aromatic carbocycles. The molecule has 0 radical (unpaired) electrons. The van der Waals surface area contributed by atoms with Crippen LogP contribution in [0.2, 0.25) is 0 Å². The van der Waals surface area contributed by atoms with Crippen LogP contribution in [0.3, 0.4) is 0 Å². The molecule has 176 valence electrons. The van der Waals surface area contributed by atoms with Gasteiger partial charge in [-0.3, -0.25) is 9.59 Å². The van der Waals surface area contributed by atoms with Gasteiger partial charge in [-0.15, -0.1) is 0 Å². The van der Waals surface area contributed by atoms with E-state index in [0.717, 1.165) is 21.9 Å². The molecule has 5 rings (SSSR count). The zero-order valence-corrected chi connectivity index (χ0v) is 18.8. The van der Waals surface area contributed by atoms with E-state index in [0.29, 0.717) is 22.9 Å². The molecule has 7 heteroatoms. The number of hydrogen-bond donors (Lipinski definition) is 2. The van der Waals surface area contributed by atoms with Crippen molar-refractivity contribution >= 4 is 28.3 Å². The van der Waals surface area contributed by atoms with Crippen LogP contribution in [0, 0.1) is 0 Å². The number of para-hydroxylation sites is 1. The highest BCUT2D eigenvalue weighted by Gasteiger charge is 2.22. The number of fused-ring (bicyclic) bond motifs is 2. The minimum atomic E-state index is -0.894. The van der Waals surface area contributed by atoms with Gasteiger partial charge >= 0.3 is 5.97 Å². The van der Waals surface area contributed by atoms with Gasteiger partial charge in [0.1, 0.15) is 5.75 Å². The van der Waals surface area contributed by atoms with Gasteiger partial charge in [0.05, 0.1) is 6.42 Å². The number of carbonyl (C=O) groups is 2. The molecule has 35 heavy (non-hydrogen) atoms. The molecule has 2 N–H and O–H groups in total. The summed E-state index contributed by atoms with van der Waals surface area (Å²) in [5, 5.41) is 14.2. The summed E-state index contributed by atoms with van der Waals surface area (Å²) < 4.78 is 16.6. The highest BCUT2D eigenvalue weighted by molar-refractivity contribution is 5.92. The molecule has 0 saturated carbocycles. The molecule has 1 aliphatic rings. The van der Waals surface area contributed by atoms with Gasteiger partial charge in [0.25, 0.3) is 5.91 Å². The molecule has 4 aromatic rings. The predicted molar refractivity (Wildman–Crippen MR) is 131 cm³/mol. The molecule has 7 nitrogen and oxygen atoms in total. The van der Waals surface area contributed by atoms with Crippen LogP contribution in [0.1, 0.15) is 23.5 Å². The zero-order valence-electron chi connectivity index (χ0n) is 18.8. The van der Waals surface area contributed by atoms with Crippen LogP contribution in [0.15, 0.2) is 84.9 Å². The number of ether oxygens (including phenoxy) is 3. The summed E-state index contributed by atoms with van der Waals surface area (Å²) in [4.78, 5) is 23.9. The monoisotopic (exact) mass is 469 g/mol. The average molecular weight is 469 g/mol. The van der Waals surface area contributed by atoms with Crippen LogP contribution in [0.4, 0.5) is 5.69 Å². The first-order valence-electron chi connectivity index (χ1n) is 11.2. The van der Waals surface area contributed by atoms with Crippen LogP contribution in [-0.2, 0) is 9.59 Å². The number of benzene rings is 4. The molecule has 0 fully saturated rings. The fourth-order valence-electron chi connectivity index (χ4n) is 4.15. The first kappa shape index (κ1) is 22.3. The van der Waals surface area contributed by atoms with Crippen LogP contribution in [0.5, 0.6) is 17.2 Å². The number of anilines is 1. The van der Waals surface area contributed by atoms with Crippen LogP contribution in [0.25, 0.3) is 10.8 Å². The van der Waals surface area contributed by atoms with Gasteiger partial charge in [0.15, 0.2) is 18.1 Å². The van der Waals surface area contributed by atoms with Gasteiger partial charge in [0.2, 0.25) is 6.79 Å². The quantitative estimate of drug-likeness (QED) is 0.369. The fraction of sp³-hybridized carbons (Fsp3) is 0.143. The summed E-state index contributed by atoms with van der Waals surface area (Å²) in [5.74, 6) is 0.301. The smallest absolute Gasteiger partial charge is 0.304 e. The van der Waals surface area contributed by atoms with Crippen molar-refractivity contribution in [2.45, 2.75) is 12.3 Å². The fourth-order valence-corrected chi connectivity index (χ4v) is 4.15. The van der Waals surface area contributed by atoms with Crippen molar-refractivity contribution in [3.8, 4) is 17.2 Å². The zero-order chi connectivity index (χ0) is 24.2. The van der Waals surface area contributed by atoms with Crippen molar-refractivity contribution in [3.63, 3.8) is 0 Å². The summed E-state index contributed by atoms with van der Waals surface area (Å²) in [6, 6.07) is 26.1. The van der Waals surface area contributed by atoms with Gasteiger partial charge in [-0.05, 0) is 58.3 Å². The van der Waals surface area contributed by atoms with E-state index in [4.69, 9.17) is 14.2 Å². The maximum absolute atomic E-state index is 12.2. The Morgan fingerprint density at radius 1 is 0.857 bits per heavy atom. The van der Waals surface area contributed by atoms with Gasteiger partial charge in [-0.25, -0.2) is 0 Å². The molecule has 0 bridgehead atoms. The third-order valence-corrected chi connectivity index (χ3v) is 5.84. The Morgan fingerprint density at radius 2 is 1.60 bits per heavy atom. The van der Waals surface area contributed by atoms with Crippen LogP contribution >= 0.6 is 0 Å². The summed E-state index contributed by atoms with van der Waals surface area (Å²) in [6.07, 6.45) is -0.0685. The second kappa shape index (κ2) is 9.77. The van der Waals surface area contributed by atoms with Gasteiger partial charge in [-0.1, -0.05) is 48.5 Å². The van der Waals surface area contributed by atoms with E-state index in [2.05, 4.69) is 5.32 Å². The Labute approximate surface area is 201 Å². The van der Waals surface area contributed by atoms with Gasteiger partial charge in [-0.2, -0.15) is 0 Å². The first-order chi connectivity index (χ1) is 17.0. The molecular formula is C28H23NO6. The van der Waals surface area contributed by atoms with E-state index in [9.17, 15) is 14.7 Å². The largest absolute Gasteiger partial charge is 0.484 e. The van der Waals surface area contributed by atoms with E-state index in [1.54, 1.807) is 6.07 Å². The van der Waals surface area contributed by atoms with Crippen LogP contribution < -0.4 is 19.5 Å². The molecule has 1 unspecified atom stereocenters. The third kappa shape index (κ3) is 5.19. The minimum absolute atomic E-state index is 0.0685. The highest BCUT2D eigenvalue weighted by Crippen LogP contribution is 2.38. The molecule has 0 spiro atoms. The Hall–Kier alpha value is -4.52. The molecule has 0 saturated heterocycles. The predicted octanol–water partition coefficient (Wildman–Crippen LogP) is 5.19. The Kier molecular flexibility index (Phi) is 6.22. The standard InChI is InChI=1S/C28H23NO6/c30-27(29-22-4-2-1-3-5-22)16-33-23-10-8-18-6-7-19(12-21(18)13-23)24(15-28(31)32)20-9-11-25-26(14-20)35-17-34-25/h1-14,24H,15-17H2,(H,29,30)(H,31,32). The number of carboxylic acids is 1. The number of amides is 1. The van der Waals surface area contributed by atoms with Crippen molar-refractivity contribution in [2.24, 2.45) is 0 Å². The van der Waals surface area contributed by atoms with Crippen molar-refractivity contribution in [1.82, 2.24) is 0 Å². The molecule has 0 aliphatic carbocycles. The number of nitrogens with one attached hydrogen (secondary N) is 1. The minimum Gasteiger partial charge on any atom is -0.484 e.